The molecule has 0 aliphatic carbocycles. The summed E-state index contributed by atoms with van der Waals surface area (Å²) in [5, 5.41) is 10.7. The molecular weight excluding hydrogens is 416 g/mol. The number of nitrogens with one attached hydrogen (secondary N) is 1. The molecule has 170 valence electrons. The maximum atomic E-state index is 12.1. The van der Waals surface area contributed by atoms with Gasteiger partial charge in [0.15, 0.2) is 0 Å². The molecule has 1 saturated heterocycles. The Morgan fingerprint density at radius 2 is 1.74 bits per heavy atom. The van der Waals surface area contributed by atoms with Gasteiger partial charge in [0, 0.05) is 19.6 Å². The van der Waals surface area contributed by atoms with Gasteiger partial charge in [-0.3, -0.25) is 4.90 Å². The molecular formula is C24H33ClN2O4. The number of hydrogen-bond donors (Lipinski definition) is 2. The highest BCUT2D eigenvalue weighted by atomic mass is 35.5. The van der Waals surface area contributed by atoms with E-state index in [0.29, 0.717) is 12.2 Å². The van der Waals surface area contributed by atoms with E-state index in [-0.39, 0.29) is 24.4 Å². The third kappa shape index (κ3) is 7.21. The van der Waals surface area contributed by atoms with Crippen molar-refractivity contribution in [3.8, 4) is 5.75 Å². The van der Waals surface area contributed by atoms with E-state index in [1.54, 1.807) is 31.4 Å². The maximum absolute atomic E-state index is 12.1. The molecule has 0 spiro atoms. The fourth-order valence-corrected chi connectivity index (χ4v) is 3.94. The molecule has 31 heavy (non-hydrogen) atoms. The summed E-state index contributed by atoms with van der Waals surface area (Å²) in [5.41, 5.74) is 1.53. The van der Waals surface area contributed by atoms with Crippen LogP contribution in [0.15, 0.2) is 54.6 Å². The van der Waals surface area contributed by atoms with Crippen LogP contribution in [0.3, 0.4) is 0 Å². The summed E-state index contributed by atoms with van der Waals surface area (Å²) in [6, 6.07) is 17.0. The summed E-state index contributed by atoms with van der Waals surface area (Å²) in [6.45, 7) is 7.47. The summed E-state index contributed by atoms with van der Waals surface area (Å²) in [4.78, 5) is 15.9. The van der Waals surface area contributed by atoms with Crippen molar-refractivity contribution >= 4 is 5.97 Å². The first-order valence-electron chi connectivity index (χ1n) is 10.7. The van der Waals surface area contributed by atoms with E-state index < -0.39 is 6.10 Å². The van der Waals surface area contributed by atoms with E-state index in [1.165, 1.54) is 4.90 Å². The lowest BCUT2D eigenvalue weighted by atomic mass is 10.0. The fraction of sp³-hybridized carbons (Fsp3) is 0.458. The molecule has 2 unspecified atom stereocenters. The number of esters is 1. The molecule has 3 rings (SSSR count). The van der Waals surface area contributed by atoms with Gasteiger partial charge >= 0.3 is 5.97 Å². The maximum Gasteiger partial charge on any atom is 0.338 e. The third-order valence-corrected chi connectivity index (χ3v) is 5.93. The van der Waals surface area contributed by atoms with Crippen LogP contribution < -0.4 is 22.0 Å². The predicted molar refractivity (Wildman–Crippen MR) is 116 cm³/mol. The molecule has 7 heteroatoms. The monoisotopic (exact) mass is 448 g/mol. The zero-order valence-electron chi connectivity index (χ0n) is 18.3. The smallest absolute Gasteiger partial charge is 0.338 e. The topological polar surface area (TPSA) is 63.4 Å². The highest BCUT2D eigenvalue weighted by Gasteiger charge is 2.29. The molecule has 2 aromatic carbocycles. The molecule has 1 fully saturated rings. The average Bonchev–Trinajstić information content (AvgIpc) is 2.81. The zero-order valence-corrected chi connectivity index (χ0v) is 19.1. The lowest BCUT2D eigenvalue weighted by Crippen LogP contribution is -3.18. The van der Waals surface area contributed by atoms with Crippen LogP contribution in [0.2, 0.25) is 0 Å². The molecule has 2 atom stereocenters. The van der Waals surface area contributed by atoms with Gasteiger partial charge in [0.25, 0.3) is 0 Å². The van der Waals surface area contributed by atoms with Crippen LogP contribution in [-0.4, -0.2) is 68.5 Å². The SMILES string of the molecule is COc1ccc(C(=O)OCCCN2CC[NH+](C(C)C(O)c3ccccc3)CC2)cc1.[Cl-]. The Morgan fingerprint density at radius 3 is 2.35 bits per heavy atom. The summed E-state index contributed by atoms with van der Waals surface area (Å²) >= 11 is 0. The number of aliphatic hydroxyl groups excluding tert-OH is 1. The van der Waals surface area contributed by atoms with Crippen molar-refractivity contribution in [3.63, 3.8) is 0 Å². The number of halogens is 1. The van der Waals surface area contributed by atoms with Gasteiger partial charge in [-0.05, 0) is 43.2 Å². The molecule has 6 nitrogen and oxygen atoms in total. The number of ether oxygens (including phenoxy) is 2. The van der Waals surface area contributed by atoms with Crippen LogP contribution in [0.1, 0.15) is 35.4 Å². The highest BCUT2D eigenvalue weighted by Crippen LogP contribution is 2.15. The number of methoxy groups -OCH3 is 1. The molecule has 1 heterocycles. The van der Waals surface area contributed by atoms with E-state index in [2.05, 4.69) is 11.8 Å². The minimum absolute atomic E-state index is 0. The van der Waals surface area contributed by atoms with E-state index in [9.17, 15) is 9.90 Å². The fourth-order valence-electron chi connectivity index (χ4n) is 3.94. The number of piperazine rings is 1. The summed E-state index contributed by atoms with van der Waals surface area (Å²) in [5.74, 6) is 0.425. The number of hydrogen-bond acceptors (Lipinski definition) is 5. The Kier molecular flexibility index (Phi) is 10.3. The van der Waals surface area contributed by atoms with E-state index >= 15 is 0 Å². The van der Waals surface area contributed by atoms with Crippen LogP contribution in [-0.2, 0) is 4.74 Å². The second kappa shape index (κ2) is 12.7. The Bertz CT molecular complexity index is 780. The van der Waals surface area contributed by atoms with Crippen molar-refractivity contribution in [3.05, 3.63) is 65.7 Å². The Hall–Kier alpha value is -2.12. The number of quaternary nitrogens is 1. The first-order valence-corrected chi connectivity index (χ1v) is 10.7. The van der Waals surface area contributed by atoms with Gasteiger partial charge in [-0.15, -0.1) is 0 Å². The summed E-state index contributed by atoms with van der Waals surface area (Å²) < 4.78 is 10.5. The number of carbonyl (C=O) groups is 1. The summed E-state index contributed by atoms with van der Waals surface area (Å²) in [6.07, 6.45) is 0.379. The van der Waals surface area contributed by atoms with Crippen LogP contribution in [0.4, 0.5) is 0 Å². The standard InChI is InChI=1S/C24H32N2O4.ClH/c1-19(23(27)20-7-4-3-5-8-20)26-16-14-25(15-17-26)13-6-18-30-24(28)21-9-11-22(29-2)12-10-21;/h3-5,7-12,19,23,27H,6,13-18H2,1-2H3;1H. The van der Waals surface area contributed by atoms with Crippen LogP contribution in [0.25, 0.3) is 0 Å². The minimum Gasteiger partial charge on any atom is -1.00 e. The normalized spacial score (nSPS) is 16.7. The van der Waals surface area contributed by atoms with Gasteiger partial charge in [-0.2, -0.15) is 0 Å². The molecule has 0 radical (unpaired) electrons. The quantitative estimate of drug-likeness (QED) is 0.364. The van der Waals surface area contributed by atoms with Crippen molar-refractivity contribution in [1.82, 2.24) is 4.90 Å². The van der Waals surface area contributed by atoms with Gasteiger partial charge in [0.05, 0.1) is 32.4 Å². The van der Waals surface area contributed by atoms with Crippen molar-refractivity contribution in [2.45, 2.75) is 25.5 Å². The molecule has 0 saturated carbocycles. The first-order chi connectivity index (χ1) is 14.6. The lowest BCUT2D eigenvalue weighted by molar-refractivity contribution is -0.932. The minimum atomic E-state index is -0.440. The van der Waals surface area contributed by atoms with Gasteiger partial charge in [-0.25, -0.2) is 4.79 Å². The van der Waals surface area contributed by atoms with E-state index in [4.69, 9.17) is 9.47 Å². The third-order valence-electron chi connectivity index (χ3n) is 5.93. The number of benzene rings is 2. The number of nitrogens with zero attached hydrogens (tertiary/aromatic N) is 1. The Labute approximate surface area is 191 Å². The van der Waals surface area contributed by atoms with Crippen molar-refractivity contribution in [2.75, 3.05) is 46.4 Å². The number of rotatable bonds is 9. The average molecular weight is 449 g/mol. The highest BCUT2D eigenvalue weighted by molar-refractivity contribution is 5.89. The molecule has 1 aliphatic rings. The van der Waals surface area contributed by atoms with Gasteiger partial charge < -0.3 is 31.9 Å². The molecule has 0 aromatic heterocycles. The van der Waals surface area contributed by atoms with E-state index in [0.717, 1.165) is 50.5 Å². The summed E-state index contributed by atoms with van der Waals surface area (Å²) in [7, 11) is 1.60. The van der Waals surface area contributed by atoms with Gasteiger partial charge in [-0.1, -0.05) is 30.3 Å². The number of aliphatic hydroxyl groups is 1. The second-order valence-corrected chi connectivity index (χ2v) is 7.86. The molecule has 0 bridgehead atoms. The zero-order chi connectivity index (χ0) is 21.3. The Morgan fingerprint density at radius 1 is 1.10 bits per heavy atom. The Balaban J connectivity index is 0.00000341. The molecule has 2 N–H and O–H groups in total. The van der Waals surface area contributed by atoms with Gasteiger partial charge in [0.1, 0.15) is 17.9 Å². The van der Waals surface area contributed by atoms with Crippen molar-refractivity contribution < 1.29 is 36.7 Å². The van der Waals surface area contributed by atoms with Crippen LogP contribution in [0.5, 0.6) is 5.75 Å². The first kappa shape index (κ1) is 25.1. The molecule has 0 amide bonds. The van der Waals surface area contributed by atoms with Crippen LogP contribution in [0, 0.1) is 0 Å². The molecule has 2 aromatic rings. The lowest BCUT2D eigenvalue weighted by Gasteiger charge is -2.37. The number of carbonyl (C=O) groups excluding carboxylic acids is 1. The van der Waals surface area contributed by atoms with Gasteiger partial charge in [0.2, 0.25) is 0 Å². The van der Waals surface area contributed by atoms with Crippen molar-refractivity contribution in [1.29, 1.82) is 0 Å². The van der Waals surface area contributed by atoms with Crippen molar-refractivity contribution in [2.24, 2.45) is 0 Å². The van der Waals surface area contributed by atoms with Crippen LogP contribution >= 0.6 is 0 Å². The molecule has 1 aliphatic heterocycles. The largest absolute Gasteiger partial charge is 1.00 e. The second-order valence-electron chi connectivity index (χ2n) is 7.86. The predicted octanol–water partition coefficient (Wildman–Crippen LogP) is -1.43. The van der Waals surface area contributed by atoms with E-state index in [1.807, 2.05) is 30.3 Å².